The molecule has 0 rings (SSSR count). The Balaban J connectivity index is -0.000000221. The van der Waals surface area contributed by atoms with Gasteiger partial charge in [0.15, 0.2) is 0 Å². The van der Waals surface area contributed by atoms with Gasteiger partial charge in [0.05, 0.1) is 26.2 Å². The van der Waals surface area contributed by atoms with Crippen molar-refractivity contribution in [1.82, 2.24) is 0 Å². The van der Waals surface area contributed by atoms with Crippen molar-refractivity contribution >= 4 is 11.9 Å². The van der Waals surface area contributed by atoms with Gasteiger partial charge < -0.3 is 14.6 Å². The minimum absolute atomic E-state index is 0.105. The lowest BCUT2D eigenvalue weighted by Crippen LogP contribution is -2.05. The van der Waals surface area contributed by atoms with Crippen molar-refractivity contribution in [2.24, 2.45) is 0 Å². The van der Waals surface area contributed by atoms with Crippen molar-refractivity contribution in [1.29, 1.82) is 0 Å². The predicted molar refractivity (Wildman–Crippen MR) is 80.5 cm³/mol. The van der Waals surface area contributed by atoms with Crippen LogP contribution in [0.3, 0.4) is 0 Å². The summed E-state index contributed by atoms with van der Waals surface area (Å²) >= 11 is 0. The average molecular weight is 292 g/mol. The molecule has 0 amide bonds. The maximum absolute atomic E-state index is 10.3. The van der Waals surface area contributed by atoms with Crippen LogP contribution >= 0.6 is 0 Å². The van der Waals surface area contributed by atoms with E-state index in [0.29, 0.717) is 13.2 Å². The van der Waals surface area contributed by atoms with E-state index in [9.17, 15) is 9.59 Å². The number of aliphatic hydroxyl groups is 1. The van der Waals surface area contributed by atoms with Crippen LogP contribution in [0.5, 0.6) is 0 Å². The maximum Gasteiger partial charge on any atom is 0.308 e. The minimum Gasteiger partial charge on any atom is -0.466 e. The average Bonchev–Trinajstić information content (AvgIpc) is 2.38. The molecule has 0 aromatic heterocycles. The largest absolute Gasteiger partial charge is 0.466 e. The molecule has 0 spiro atoms. The van der Waals surface area contributed by atoms with Gasteiger partial charge in [-0.3, -0.25) is 9.59 Å². The maximum atomic E-state index is 10.3. The lowest BCUT2D eigenvalue weighted by atomic mass is 10.2. The fourth-order valence-electron chi connectivity index (χ4n) is 1.03. The van der Waals surface area contributed by atoms with Gasteiger partial charge in [-0.05, 0) is 13.8 Å². The second kappa shape index (κ2) is 23.0. The Morgan fingerprint density at radius 2 is 1.35 bits per heavy atom. The van der Waals surface area contributed by atoms with Gasteiger partial charge in [-0.15, -0.1) is 0 Å². The smallest absolute Gasteiger partial charge is 0.308 e. The monoisotopic (exact) mass is 292 g/mol. The van der Waals surface area contributed by atoms with Gasteiger partial charge in [0.1, 0.15) is 0 Å². The first kappa shape index (κ1) is 24.0. The minimum atomic E-state index is -0.338. The van der Waals surface area contributed by atoms with Gasteiger partial charge in [-0.25, -0.2) is 0 Å². The van der Waals surface area contributed by atoms with E-state index >= 15 is 0 Å². The summed E-state index contributed by atoms with van der Waals surface area (Å²) in [4.78, 5) is 20.1. The van der Waals surface area contributed by atoms with E-state index < -0.39 is 0 Å². The van der Waals surface area contributed by atoms with E-state index in [0.717, 1.165) is 0 Å². The van der Waals surface area contributed by atoms with Gasteiger partial charge in [-0.2, -0.15) is 0 Å². The molecule has 0 aromatic carbocycles. The highest BCUT2D eigenvalue weighted by atomic mass is 16.5. The zero-order chi connectivity index (χ0) is 16.2. The molecule has 0 fully saturated rings. The molecular weight excluding hydrogens is 260 g/mol. The van der Waals surface area contributed by atoms with E-state index in [1.807, 2.05) is 0 Å². The predicted octanol–water partition coefficient (Wildman–Crippen LogP) is 3.09. The van der Waals surface area contributed by atoms with Gasteiger partial charge in [0.2, 0.25) is 0 Å². The molecule has 5 heteroatoms. The fourth-order valence-corrected chi connectivity index (χ4v) is 1.03. The fraction of sp³-hybridized carbons (Fsp3) is 0.867. The second-order valence-corrected chi connectivity index (χ2v) is 3.91. The summed E-state index contributed by atoms with van der Waals surface area (Å²) in [5, 5.41) is 8.16. The lowest BCUT2D eigenvalue weighted by molar-refractivity contribution is -0.144. The van der Waals surface area contributed by atoms with E-state index in [1.165, 1.54) is 32.6 Å². The van der Waals surface area contributed by atoms with Crippen LogP contribution in [0.1, 0.15) is 66.7 Å². The first-order chi connectivity index (χ1) is 9.49. The number of rotatable bonds is 7. The molecule has 122 valence electrons. The zero-order valence-corrected chi connectivity index (χ0v) is 13.7. The van der Waals surface area contributed by atoms with Crippen LogP contribution in [0, 0.1) is 0 Å². The molecule has 0 unspecified atom stereocenters. The van der Waals surface area contributed by atoms with Gasteiger partial charge in [0.25, 0.3) is 0 Å². The molecule has 0 bridgehead atoms. The number of ether oxygens (including phenoxy) is 2. The molecule has 0 radical (unpaired) electrons. The molecule has 1 N–H and O–H groups in total. The highest BCUT2D eigenvalue weighted by molar-refractivity contribution is 5.69. The second-order valence-electron chi connectivity index (χ2n) is 3.91. The van der Waals surface area contributed by atoms with Crippen molar-refractivity contribution in [2.45, 2.75) is 66.7 Å². The highest BCUT2D eigenvalue weighted by Gasteiger charge is 1.96. The van der Waals surface area contributed by atoms with Crippen molar-refractivity contribution < 1.29 is 24.2 Å². The third-order valence-electron chi connectivity index (χ3n) is 1.93. The Kier molecular flexibility index (Phi) is 27.6. The van der Waals surface area contributed by atoms with Gasteiger partial charge in [0, 0.05) is 6.92 Å². The van der Waals surface area contributed by atoms with Crippen molar-refractivity contribution in [2.75, 3.05) is 19.8 Å². The molecule has 20 heavy (non-hydrogen) atoms. The first-order valence-corrected chi connectivity index (χ1v) is 7.39. The van der Waals surface area contributed by atoms with Crippen LogP contribution < -0.4 is 0 Å². The molecule has 0 atom stereocenters. The molecule has 0 aliphatic heterocycles. The molecule has 0 saturated heterocycles. The summed E-state index contributed by atoms with van der Waals surface area (Å²) < 4.78 is 8.89. The Morgan fingerprint density at radius 3 is 1.55 bits per heavy atom. The normalized spacial score (nSPS) is 8.50. The standard InChI is InChI=1S/C6H14.C5H10O3.C4H8O2/c1-3-5-6-4-2;1-2-8-5(7)3-4-6;1-3-6-4(2)5/h3-6H2,1-2H3;6H,2-4H2,1H3;3H2,1-2H3. The van der Waals surface area contributed by atoms with E-state index in [1.54, 1.807) is 13.8 Å². The van der Waals surface area contributed by atoms with Crippen LogP contribution in [-0.4, -0.2) is 36.9 Å². The van der Waals surface area contributed by atoms with Crippen LogP contribution in [0.4, 0.5) is 0 Å². The van der Waals surface area contributed by atoms with Crippen molar-refractivity contribution in [3.63, 3.8) is 0 Å². The number of unbranched alkanes of at least 4 members (excludes halogenated alkanes) is 3. The number of hydrogen-bond acceptors (Lipinski definition) is 5. The van der Waals surface area contributed by atoms with Crippen LogP contribution in [0.2, 0.25) is 0 Å². The molecule has 5 nitrogen and oxygen atoms in total. The summed E-state index contributed by atoms with van der Waals surface area (Å²) in [5.41, 5.74) is 0. The summed E-state index contributed by atoms with van der Waals surface area (Å²) in [5.74, 6) is -0.549. The van der Waals surface area contributed by atoms with Crippen molar-refractivity contribution in [3.8, 4) is 0 Å². The Labute approximate surface area is 123 Å². The molecule has 0 saturated carbocycles. The SMILES string of the molecule is CCCCCC.CCOC(=O)CCO.CCOC(C)=O. The number of carbonyl (C=O) groups excluding carboxylic acids is 2. The number of aliphatic hydroxyl groups excluding tert-OH is 1. The summed E-state index contributed by atoms with van der Waals surface area (Å²) in [6, 6.07) is 0. The number of esters is 2. The molecule has 0 aromatic rings. The Bertz CT molecular complexity index is 192. The number of carbonyl (C=O) groups is 2. The quantitative estimate of drug-likeness (QED) is 0.576. The lowest BCUT2D eigenvalue weighted by Gasteiger charge is -1.96. The Hall–Kier alpha value is -1.10. The Morgan fingerprint density at radius 1 is 0.900 bits per heavy atom. The van der Waals surface area contributed by atoms with Gasteiger partial charge in [-0.1, -0.05) is 39.5 Å². The molecular formula is C15H32O5. The van der Waals surface area contributed by atoms with Crippen LogP contribution in [0.25, 0.3) is 0 Å². The topological polar surface area (TPSA) is 72.8 Å². The molecule has 0 aliphatic carbocycles. The van der Waals surface area contributed by atoms with E-state index in [2.05, 4.69) is 23.3 Å². The highest BCUT2D eigenvalue weighted by Crippen LogP contribution is 1.95. The third kappa shape index (κ3) is 36.0. The molecule has 0 heterocycles. The number of hydrogen-bond donors (Lipinski definition) is 1. The van der Waals surface area contributed by atoms with Crippen molar-refractivity contribution in [3.05, 3.63) is 0 Å². The summed E-state index contributed by atoms with van der Waals surface area (Å²) in [6.07, 6.45) is 5.64. The van der Waals surface area contributed by atoms with E-state index in [4.69, 9.17) is 5.11 Å². The van der Waals surface area contributed by atoms with E-state index in [-0.39, 0.29) is 25.0 Å². The summed E-state index contributed by atoms with van der Waals surface area (Å²) in [7, 11) is 0. The van der Waals surface area contributed by atoms with Crippen LogP contribution in [0.15, 0.2) is 0 Å². The van der Waals surface area contributed by atoms with Gasteiger partial charge >= 0.3 is 11.9 Å². The first-order valence-electron chi connectivity index (χ1n) is 7.39. The zero-order valence-electron chi connectivity index (χ0n) is 13.7. The molecule has 0 aliphatic rings. The van der Waals surface area contributed by atoms with Crippen LogP contribution in [-0.2, 0) is 19.1 Å². The summed E-state index contributed by atoms with van der Waals surface area (Å²) in [6.45, 7) is 10.1. The third-order valence-corrected chi connectivity index (χ3v) is 1.93.